The number of carbonyl (C=O) groups excluding carboxylic acids is 1. The Morgan fingerprint density at radius 2 is 1.90 bits per heavy atom. The van der Waals surface area contributed by atoms with E-state index in [2.05, 4.69) is 61.1 Å². The first kappa shape index (κ1) is 23.1. The maximum absolute atomic E-state index is 12.8. The molecule has 0 fully saturated rings. The number of ketones is 1. The van der Waals surface area contributed by atoms with Gasteiger partial charge >= 0.3 is 0 Å². The number of hydrogen-bond acceptors (Lipinski definition) is 2. The van der Waals surface area contributed by atoms with Crippen LogP contribution in [0.1, 0.15) is 56.7 Å². The summed E-state index contributed by atoms with van der Waals surface area (Å²) < 4.78 is 5.39. The number of carbonyl (C=O) groups is 1. The Morgan fingerprint density at radius 1 is 1.17 bits per heavy atom. The first-order chi connectivity index (χ1) is 13.7. The highest BCUT2D eigenvalue weighted by Gasteiger charge is 2.27. The Labute approximate surface area is 178 Å². The van der Waals surface area contributed by atoms with Crippen molar-refractivity contribution in [1.29, 1.82) is 0 Å². The van der Waals surface area contributed by atoms with Gasteiger partial charge in [-0.3, -0.25) is 4.79 Å². The lowest BCUT2D eigenvalue weighted by Crippen LogP contribution is -2.23. The van der Waals surface area contributed by atoms with Crippen LogP contribution < -0.4 is 0 Å². The SMILES string of the molecule is C=C(/C=C/C1=CC(CC)=C(OP)CC1)C(C)(C)C(=O)/C=C/c1ccc(C)c(C)c1. The van der Waals surface area contributed by atoms with E-state index in [4.69, 9.17) is 4.52 Å². The molecule has 2 nitrogen and oxygen atoms in total. The van der Waals surface area contributed by atoms with E-state index in [0.29, 0.717) is 0 Å². The molecule has 0 saturated heterocycles. The quantitative estimate of drug-likeness (QED) is 0.258. The molecule has 0 saturated carbocycles. The first-order valence-corrected chi connectivity index (χ1v) is 10.6. The van der Waals surface area contributed by atoms with Gasteiger partial charge in [0.1, 0.15) is 5.76 Å². The third-order valence-electron chi connectivity index (χ3n) is 5.76. The zero-order valence-corrected chi connectivity index (χ0v) is 19.5. The maximum atomic E-state index is 12.8. The van der Waals surface area contributed by atoms with Gasteiger partial charge in [0, 0.05) is 6.42 Å². The van der Waals surface area contributed by atoms with Gasteiger partial charge in [0.15, 0.2) is 5.78 Å². The van der Waals surface area contributed by atoms with Crippen molar-refractivity contribution in [1.82, 2.24) is 0 Å². The third kappa shape index (κ3) is 5.90. The summed E-state index contributed by atoms with van der Waals surface area (Å²) in [5.41, 5.74) is 6.13. The van der Waals surface area contributed by atoms with Gasteiger partial charge in [-0.15, -0.1) is 0 Å². The molecule has 29 heavy (non-hydrogen) atoms. The van der Waals surface area contributed by atoms with Gasteiger partial charge in [0.05, 0.1) is 14.9 Å². The molecule has 0 aromatic heterocycles. The Morgan fingerprint density at radius 3 is 2.52 bits per heavy atom. The average molecular weight is 409 g/mol. The van der Waals surface area contributed by atoms with E-state index in [1.54, 1.807) is 6.08 Å². The molecule has 0 aliphatic heterocycles. The molecule has 1 aliphatic carbocycles. The maximum Gasteiger partial charge on any atom is 0.165 e. The van der Waals surface area contributed by atoms with Gasteiger partial charge in [0.25, 0.3) is 0 Å². The van der Waals surface area contributed by atoms with E-state index in [0.717, 1.165) is 36.2 Å². The first-order valence-electron chi connectivity index (χ1n) is 10.2. The molecule has 0 spiro atoms. The summed E-state index contributed by atoms with van der Waals surface area (Å²) in [5.74, 6) is 1.09. The molecular formula is C26H33O2P. The molecule has 3 heteroatoms. The Hall–Kier alpha value is -2.18. The fourth-order valence-electron chi connectivity index (χ4n) is 3.18. The molecule has 0 amide bonds. The van der Waals surface area contributed by atoms with Crippen molar-refractivity contribution in [3.05, 3.63) is 88.3 Å². The Bertz CT molecular complexity index is 911. The van der Waals surface area contributed by atoms with Crippen LogP contribution in [-0.2, 0) is 9.32 Å². The van der Waals surface area contributed by atoms with Crippen molar-refractivity contribution in [2.75, 3.05) is 0 Å². The van der Waals surface area contributed by atoms with E-state index in [1.165, 1.54) is 22.3 Å². The number of hydrogen-bond donors (Lipinski definition) is 0. The smallest absolute Gasteiger partial charge is 0.165 e. The van der Waals surface area contributed by atoms with Crippen LogP contribution in [0, 0.1) is 19.3 Å². The summed E-state index contributed by atoms with van der Waals surface area (Å²) in [4.78, 5) is 12.8. The van der Waals surface area contributed by atoms with Crippen LogP contribution in [0.25, 0.3) is 6.08 Å². The van der Waals surface area contributed by atoms with Crippen LogP contribution in [0.3, 0.4) is 0 Å². The summed E-state index contributed by atoms with van der Waals surface area (Å²) in [6, 6.07) is 6.22. The molecule has 1 aromatic rings. The number of benzene rings is 1. The molecule has 1 aromatic carbocycles. The average Bonchev–Trinajstić information content (AvgIpc) is 2.72. The highest BCUT2D eigenvalue weighted by atomic mass is 31.0. The largest absolute Gasteiger partial charge is 0.484 e. The molecule has 0 bridgehead atoms. The molecular weight excluding hydrogens is 375 g/mol. The van der Waals surface area contributed by atoms with Gasteiger partial charge in [0.2, 0.25) is 0 Å². The highest BCUT2D eigenvalue weighted by Crippen LogP contribution is 2.31. The monoisotopic (exact) mass is 408 g/mol. The zero-order chi connectivity index (χ0) is 21.6. The second kappa shape index (κ2) is 10.0. The van der Waals surface area contributed by atoms with E-state index < -0.39 is 5.41 Å². The highest BCUT2D eigenvalue weighted by molar-refractivity contribution is 7.10. The topological polar surface area (TPSA) is 26.3 Å². The second-order valence-corrected chi connectivity index (χ2v) is 8.40. The van der Waals surface area contributed by atoms with Crippen LogP contribution in [-0.4, -0.2) is 5.78 Å². The summed E-state index contributed by atoms with van der Waals surface area (Å²) in [6.07, 6.45) is 12.6. The molecule has 0 heterocycles. The number of rotatable bonds is 8. The fraction of sp³-hybridized carbons (Fsp3) is 0.346. The number of aryl methyl sites for hydroxylation is 2. The fourth-order valence-corrected chi connectivity index (χ4v) is 3.45. The predicted molar refractivity (Wildman–Crippen MR) is 127 cm³/mol. The molecule has 1 aliphatic rings. The molecule has 2 rings (SSSR count). The Balaban J connectivity index is 2.10. The second-order valence-electron chi connectivity index (χ2n) is 8.16. The standard InChI is InChI=1S/C26H33O2P/c1-7-23-17-22(12-14-24(23)28-29)11-9-20(4)26(5,6)25(27)15-13-21-10-8-18(2)19(3)16-21/h8-11,13,15-17H,4,7,12,14,29H2,1-3,5-6H3/b11-9+,15-13+. The summed E-state index contributed by atoms with van der Waals surface area (Å²) in [7, 11) is 2.34. The third-order valence-corrected chi connectivity index (χ3v) is 6.04. The van der Waals surface area contributed by atoms with E-state index in [1.807, 2.05) is 32.1 Å². The summed E-state index contributed by atoms with van der Waals surface area (Å²) in [5, 5.41) is 0. The predicted octanol–water partition coefficient (Wildman–Crippen LogP) is 7.22. The summed E-state index contributed by atoms with van der Waals surface area (Å²) >= 11 is 0. The van der Waals surface area contributed by atoms with Crippen LogP contribution >= 0.6 is 9.47 Å². The summed E-state index contributed by atoms with van der Waals surface area (Å²) in [6.45, 7) is 14.3. The van der Waals surface area contributed by atoms with Crippen LogP contribution in [0.4, 0.5) is 0 Å². The normalized spacial score (nSPS) is 15.2. The number of allylic oxidation sites excluding steroid dienone is 8. The van der Waals surface area contributed by atoms with Crippen LogP contribution in [0.15, 0.2) is 71.6 Å². The molecule has 1 atom stereocenters. The molecule has 0 radical (unpaired) electrons. The minimum absolute atomic E-state index is 0.0517. The van der Waals surface area contributed by atoms with Gasteiger partial charge in [-0.1, -0.05) is 56.0 Å². The molecule has 154 valence electrons. The van der Waals surface area contributed by atoms with Gasteiger partial charge < -0.3 is 4.52 Å². The van der Waals surface area contributed by atoms with Crippen LogP contribution in [0.5, 0.6) is 0 Å². The van der Waals surface area contributed by atoms with Crippen molar-refractivity contribution >= 4 is 21.3 Å². The minimum Gasteiger partial charge on any atom is -0.484 e. The minimum atomic E-state index is -0.653. The van der Waals surface area contributed by atoms with Gasteiger partial charge in [-0.25, -0.2) is 0 Å². The van der Waals surface area contributed by atoms with Gasteiger partial charge in [-0.05, 0) is 80.0 Å². The van der Waals surface area contributed by atoms with Crippen LogP contribution in [0.2, 0.25) is 0 Å². The van der Waals surface area contributed by atoms with Crippen molar-refractivity contribution in [2.45, 2.75) is 53.9 Å². The van der Waals surface area contributed by atoms with E-state index in [-0.39, 0.29) is 5.78 Å². The molecule has 0 N–H and O–H groups in total. The lowest BCUT2D eigenvalue weighted by molar-refractivity contribution is -0.120. The van der Waals surface area contributed by atoms with Crippen molar-refractivity contribution in [2.24, 2.45) is 5.41 Å². The van der Waals surface area contributed by atoms with E-state index >= 15 is 0 Å². The van der Waals surface area contributed by atoms with E-state index in [9.17, 15) is 4.79 Å². The lowest BCUT2D eigenvalue weighted by Gasteiger charge is -2.22. The molecule has 1 unspecified atom stereocenters. The van der Waals surface area contributed by atoms with Crippen molar-refractivity contribution in [3.8, 4) is 0 Å². The Kier molecular flexibility index (Phi) is 7.99. The zero-order valence-electron chi connectivity index (χ0n) is 18.3. The lowest BCUT2D eigenvalue weighted by atomic mass is 9.80. The van der Waals surface area contributed by atoms with Crippen molar-refractivity contribution < 1.29 is 9.32 Å². The van der Waals surface area contributed by atoms with Gasteiger partial charge in [-0.2, -0.15) is 0 Å². The van der Waals surface area contributed by atoms with Crippen molar-refractivity contribution in [3.63, 3.8) is 0 Å².